The van der Waals surface area contributed by atoms with Crippen LogP contribution < -0.4 is 9.47 Å². The van der Waals surface area contributed by atoms with Gasteiger partial charge in [-0.3, -0.25) is 9.59 Å². The smallest absolute Gasteiger partial charge is 0.356 e. The van der Waals surface area contributed by atoms with Crippen molar-refractivity contribution in [3.8, 4) is 11.5 Å². The van der Waals surface area contributed by atoms with Gasteiger partial charge >= 0.3 is 11.9 Å². The lowest BCUT2D eigenvalue weighted by Gasteiger charge is -2.57. The van der Waals surface area contributed by atoms with E-state index in [1.807, 2.05) is 26.8 Å². The Morgan fingerprint density at radius 3 is 2.65 bits per heavy atom. The first-order chi connectivity index (χ1) is 16.1. The molecular formula is C27H31NO6. The molecule has 34 heavy (non-hydrogen) atoms. The second-order valence-electron chi connectivity index (χ2n) is 12.1. The van der Waals surface area contributed by atoms with Crippen LogP contribution in [0.3, 0.4) is 0 Å². The van der Waals surface area contributed by atoms with E-state index in [0.29, 0.717) is 42.7 Å². The number of esters is 2. The number of ether oxygens (including phenoxy) is 3. The van der Waals surface area contributed by atoms with E-state index in [1.54, 1.807) is 6.07 Å². The molecule has 7 heteroatoms. The van der Waals surface area contributed by atoms with Gasteiger partial charge in [0.1, 0.15) is 0 Å². The second-order valence-corrected chi connectivity index (χ2v) is 12.1. The van der Waals surface area contributed by atoms with E-state index in [9.17, 15) is 14.4 Å². The molecule has 0 radical (unpaired) electrons. The van der Waals surface area contributed by atoms with Crippen LogP contribution in [0.2, 0.25) is 0 Å². The maximum absolute atomic E-state index is 13.7. The third-order valence-corrected chi connectivity index (χ3v) is 11.0. The van der Waals surface area contributed by atoms with Gasteiger partial charge in [0, 0.05) is 28.9 Å². The summed E-state index contributed by atoms with van der Waals surface area (Å²) in [6.45, 7) is 6.64. The minimum atomic E-state index is -1.30. The maximum Gasteiger partial charge on any atom is 0.356 e. The van der Waals surface area contributed by atoms with E-state index in [2.05, 4.69) is 11.9 Å². The summed E-state index contributed by atoms with van der Waals surface area (Å²) in [5.74, 6) is 0.535. The van der Waals surface area contributed by atoms with E-state index in [1.165, 1.54) is 5.56 Å². The standard InChI is InChI=1S/C27H31NO6/c1-24(2)25(3)9-10-27(24,34-22(25)30)23(31)32-18-8-5-14-13-16-15-6-7-17(29)21-26(15,11-12-28(16)4)19(14)20(18)33-21/h5,8,15-16,21H,6-7,9-13H2,1-4H3/t15?,16-,21+,25?,26+,27?/m1/s1. The van der Waals surface area contributed by atoms with Gasteiger partial charge < -0.3 is 19.1 Å². The Morgan fingerprint density at radius 1 is 1.15 bits per heavy atom. The number of nitrogens with zero attached hydrogens (tertiary/aromatic N) is 1. The summed E-state index contributed by atoms with van der Waals surface area (Å²) in [7, 11) is 2.18. The number of fused-ring (bicyclic) bond motifs is 2. The molecule has 1 aromatic rings. The summed E-state index contributed by atoms with van der Waals surface area (Å²) in [4.78, 5) is 41.9. The topological polar surface area (TPSA) is 82.1 Å². The van der Waals surface area contributed by atoms with Gasteiger partial charge in [0.15, 0.2) is 23.4 Å². The molecular weight excluding hydrogens is 434 g/mol. The molecule has 1 aromatic carbocycles. The highest BCUT2D eigenvalue weighted by atomic mass is 16.6. The van der Waals surface area contributed by atoms with E-state index >= 15 is 0 Å². The van der Waals surface area contributed by atoms with Gasteiger partial charge in [-0.1, -0.05) is 19.9 Å². The first-order valence-electron chi connectivity index (χ1n) is 12.6. The molecule has 7 rings (SSSR count). The van der Waals surface area contributed by atoms with Crippen molar-refractivity contribution >= 4 is 17.7 Å². The van der Waals surface area contributed by atoms with Crippen molar-refractivity contribution in [1.82, 2.24) is 4.90 Å². The lowest BCUT2D eigenvalue weighted by Crippen LogP contribution is -2.65. The summed E-state index contributed by atoms with van der Waals surface area (Å²) in [5.41, 5.74) is -0.742. The highest BCUT2D eigenvalue weighted by molar-refractivity contribution is 5.95. The summed E-state index contributed by atoms with van der Waals surface area (Å²) in [6, 6.07) is 4.24. The Hall–Kier alpha value is -2.41. The van der Waals surface area contributed by atoms with Crippen molar-refractivity contribution in [3.05, 3.63) is 23.3 Å². The highest BCUT2D eigenvalue weighted by Crippen LogP contribution is 2.67. The summed E-state index contributed by atoms with van der Waals surface area (Å²) in [6.07, 6.45) is 3.72. The van der Waals surface area contributed by atoms with Crippen LogP contribution in [0.25, 0.3) is 0 Å². The maximum atomic E-state index is 13.7. The van der Waals surface area contributed by atoms with E-state index in [-0.39, 0.29) is 17.2 Å². The van der Waals surface area contributed by atoms with Crippen LogP contribution in [0.15, 0.2) is 12.1 Å². The van der Waals surface area contributed by atoms with Crippen LogP contribution in [-0.2, 0) is 31.0 Å². The lowest BCUT2D eigenvalue weighted by molar-refractivity contribution is -0.176. The largest absolute Gasteiger partial charge is 0.477 e. The third-order valence-electron chi connectivity index (χ3n) is 11.0. The minimum Gasteiger partial charge on any atom is -0.477 e. The van der Waals surface area contributed by atoms with Gasteiger partial charge in [0.05, 0.1) is 5.41 Å². The highest BCUT2D eigenvalue weighted by Gasteiger charge is 2.76. The van der Waals surface area contributed by atoms with Crippen LogP contribution >= 0.6 is 0 Å². The van der Waals surface area contributed by atoms with Crippen molar-refractivity contribution in [2.45, 2.75) is 82.5 Å². The van der Waals surface area contributed by atoms with Crippen molar-refractivity contribution in [2.75, 3.05) is 13.6 Å². The van der Waals surface area contributed by atoms with Crippen molar-refractivity contribution in [2.24, 2.45) is 16.7 Å². The molecule has 0 amide bonds. The first-order valence-corrected chi connectivity index (χ1v) is 12.6. The normalized spacial score (nSPS) is 42.8. The number of hydrogen-bond acceptors (Lipinski definition) is 7. The molecule has 2 saturated carbocycles. The third kappa shape index (κ3) is 2.01. The lowest BCUT2D eigenvalue weighted by atomic mass is 9.52. The molecule has 3 aliphatic carbocycles. The molecule has 7 nitrogen and oxygen atoms in total. The zero-order valence-electron chi connectivity index (χ0n) is 20.2. The number of likely N-dealkylation sites (N-methyl/N-ethyl adjacent to an activating group) is 1. The molecule has 6 aliphatic rings. The summed E-state index contributed by atoms with van der Waals surface area (Å²) >= 11 is 0. The molecule has 180 valence electrons. The molecule has 0 N–H and O–H groups in total. The SMILES string of the molecule is CN1CC[C@]23c4c5ccc(OC(=O)C67CCC(C)(C(=O)O6)C7(C)C)c4O[C@H]2C(=O)CCC3[C@H]1C5. The van der Waals surface area contributed by atoms with Gasteiger partial charge in [-0.25, -0.2) is 4.79 Å². The van der Waals surface area contributed by atoms with Gasteiger partial charge in [-0.2, -0.15) is 0 Å². The number of likely N-dealkylation sites (tertiary alicyclic amines) is 1. The Morgan fingerprint density at radius 2 is 1.94 bits per heavy atom. The Labute approximate surface area is 199 Å². The van der Waals surface area contributed by atoms with E-state index < -0.39 is 28.5 Å². The van der Waals surface area contributed by atoms with Crippen molar-refractivity contribution in [1.29, 1.82) is 0 Å². The molecule has 3 aliphatic heterocycles. The number of Topliss-reactive ketones (excluding diaryl/α,β-unsaturated/α-hetero) is 1. The van der Waals surface area contributed by atoms with Crippen LogP contribution in [0.1, 0.15) is 64.0 Å². The predicted octanol–water partition coefficient (Wildman–Crippen LogP) is 2.95. The number of carbonyl (C=O) groups excluding carboxylic acids is 3. The Kier molecular flexibility index (Phi) is 3.72. The van der Waals surface area contributed by atoms with Gasteiger partial charge in [0.2, 0.25) is 5.60 Å². The number of carbonyl (C=O) groups is 3. The second kappa shape index (κ2) is 6.04. The summed E-state index contributed by atoms with van der Waals surface area (Å²) in [5, 5.41) is 0. The molecule has 2 saturated heterocycles. The monoisotopic (exact) mass is 465 g/mol. The van der Waals surface area contributed by atoms with Crippen LogP contribution in [0, 0.1) is 16.7 Å². The van der Waals surface area contributed by atoms with Crippen molar-refractivity contribution in [3.63, 3.8) is 0 Å². The number of benzene rings is 1. The molecule has 4 bridgehead atoms. The quantitative estimate of drug-likeness (QED) is 0.491. The molecule has 0 aromatic heterocycles. The minimum absolute atomic E-state index is 0.150. The van der Waals surface area contributed by atoms with Crippen molar-refractivity contribution < 1.29 is 28.6 Å². The van der Waals surface area contributed by atoms with E-state index in [0.717, 1.165) is 31.4 Å². The number of rotatable bonds is 2. The van der Waals surface area contributed by atoms with E-state index in [4.69, 9.17) is 14.2 Å². The number of piperidine rings is 1. The predicted molar refractivity (Wildman–Crippen MR) is 121 cm³/mol. The first kappa shape index (κ1) is 20.9. The molecule has 4 fully saturated rings. The summed E-state index contributed by atoms with van der Waals surface area (Å²) < 4.78 is 18.2. The average Bonchev–Trinajstić information content (AvgIpc) is 3.30. The van der Waals surface area contributed by atoms with Crippen LogP contribution in [0.4, 0.5) is 0 Å². The molecule has 6 atom stereocenters. The van der Waals surface area contributed by atoms with Gasteiger partial charge in [-0.05, 0) is 70.2 Å². The fourth-order valence-corrected chi connectivity index (χ4v) is 8.47. The fraction of sp³-hybridized carbons (Fsp3) is 0.667. The zero-order chi connectivity index (χ0) is 23.8. The molecule has 1 spiro atoms. The zero-order valence-corrected chi connectivity index (χ0v) is 20.2. The van der Waals surface area contributed by atoms with Crippen LogP contribution in [0.5, 0.6) is 11.5 Å². The number of hydrogen-bond donors (Lipinski definition) is 0. The molecule has 3 unspecified atom stereocenters. The Balaban J connectivity index is 1.32. The average molecular weight is 466 g/mol. The fourth-order valence-electron chi connectivity index (χ4n) is 8.47. The van der Waals surface area contributed by atoms with Crippen LogP contribution in [-0.4, -0.2) is 54.0 Å². The Bertz CT molecular complexity index is 1190. The molecule has 3 heterocycles. The number of ketones is 1. The van der Waals surface area contributed by atoms with Gasteiger partial charge in [-0.15, -0.1) is 0 Å². The van der Waals surface area contributed by atoms with Gasteiger partial charge in [0.25, 0.3) is 0 Å².